The fourth-order valence-corrected chi connectivity index (χ4v) is 1.86. The van der Waals surface area contributed by atoms with E-state index in [1.165, 1.54) is 6.92 Å². The number of aryl methyl sites for hydroxylation is 1. The smallest absolute Gasteiger partial charge is 0.303 e. The van der Waals surface area contributed by atoms with Crippen LogP contribution in [0.1, 0.15) is 18.9 Å². The Morgan fingerprint density at radius 1 is 1.38 bits per heavy atom. The second kappa shape index (κ2) is 5.65. The summed E-state index contributed by atoms with van der Waals surface area (Å²) in [5.74, 6) is -0.983. The number of benzene rings is 1. The first-order valence-corrected chi connectivity index (χ1v) is 5.55. The van der Waals surface area contributed by atoms with Gasteiger partial charge in [0.25, 0.3) is 0 Å². The zero-order valence-electron chi connectivity index (χ0n) is 8.79. The molecule has 0 saturated carbocycles. The molecule has 2 N–H and O–H groups in total. The van der Waals surface area contributed by atoms with Crippen molar-refractivity contribution in [3.63, 3.8) is 0 Å². The van der Waals surface area contributed by atoms with Gasteiger partial charge in [0.2, 0.25) is 5.91 Å². The topological polar surface area (TPSA) is 66.4 Å². The maximum absolute atomic E-state index is 10.9. The molecule has 0 aliphatic carbocycles. The zero-order chi connectivity index (χ0) is 12.1. The van der Waals surface area contributed by atoms with Gasteiger partial charge in [0, 0.05) is 23.5 Å². The molecule has 0 atom stereocenters. The molecule has 0 aliphatic rings. The Bertz CT molecular complexity index is 418. The molecule has 86 valence electrons. The molecule has 0 aromatic heterocycles. The predicted molar refractivity (Wildman–Crippen MR) is 64.4 cm³/mol. The number of nitrogens with one attached hydrogen (secondary N) is 1. The van der Waals surface area contributed by atoms with Crippen molar-refractivity contribution in [3.8, 4) is 0 Å². The molecule has 0 spiro atoms. The first-order valence-electron chi connectivity index (χ1n) is 4.76. The molecule has 0 unspecified atom stereocenters. The summed E-state index contributed by atoms with van der Waals surface area (Å²) in [6, 6.07) is 5.38. The van der Waals surface area contributed by atoms with Gasteiger partial charge in [0.05, 0.1) is 0 Å². The number of anilines is 1. The molecule has 1 rings (SSSR count). The molecule has 0 heterocycles. The minimum Gasteiger partial charge on any atom is -0.481 e. The Morgan fingerprint density at radius 3 is 2.62 bits per heavy atom. The van der Waals surface area contributed by atoms with Crippen LogP contribution in [-0.2, 0) is 16.0 Å². The van der Waals surface area contributed by atoms with E-state index in [0.29, 0.717) is 12.1 Å². The second-order valence-electron chi connectivity index (χ2n) is 3.42. The van der Waals surface area contributed by atoms with E-state index in [2.05, 4.69) is 21.2 Å². The molecule has 0 saturated heterocycles. The van der Waals surface area contributed by atoms with E-state index in [-0.39, 0.29) is 12.3 Å². The van der Waals surface area contributed by atoms with Gasteiger partial charge in [-0.2, -0.15) is 0 Å². The fraction of sp³-hybridized carbons (Fsp3) is 0.273. The number of amides is 1. The molecule has 0 radical (unpaired) electrons. The number of carbonyl (C=O) groups excluding carboxylic acids is 1. The number of rotatable bonds is 4. The van der Waals surface area contributed by atoms with E-state index in [4.69, 9.17) is 5.11 Å². The van der Waals surface area contributed by atoms with Gasteiger partial charge < -0.3 is 10.4 Å². The van der Waals surface area contributed by atoms with Crippen LogP contribution in [0.4, 0.5) is 5.69 Å². The summed E-state index contributed by atoms with van der Waals surface area (Å²) in [6.45, 7) is 1.43. The maximum Gasteiger partial charge on any atom is 0.303 e. The van der Waals surface area contributed by atoms with Crippen molar-refractivity contribution in [3.05, 3.63) is 28.2 Å². The van der Waals surface area contributed by atoms with E-state index in [9.17, 15) is 9.59 Å². The molecule has 0 aliphatic heterocycles. The van der Waals surface area contributed by atoms with Gasteiger partial charge in [-0.15, -0.1) is 0 Å². The highest BCUT2D eigenvalue weighted by molar-refractivity contribution is 9.10. The van der Waals surface area contributed by atoms with E-state index < -0.39 is 5.97 Å². The van der Waals surface area contributed by atoms with Crippen LogP contribution in [0.2, 0.25) is 0 Å². The first-order chi connectivity index (χ1) is 7.47. The Kier molecular flexibility index (Phi) is 4.49. The molecule has 0 bridgehead atoms. The van der Waals surface area contributed by atoms with Gasteiger partial charge in [-0.1, -0.05) is 15.9 Å². The third kappa shape index (κ3) is 4.44. The van der Waals surface area contributed by atoms with Crippen molar-refractivity contribution in [2.24, 2.45) is 0 Å². The monoisotopic (exact) mass is 285 g/mol. The number of hydrogen-bond acceptors (Lipinski definition) is 2. The Morgan fingerprint density at radius 2 is 2.06 bits per heavy atom. The summed E-state index contributed by atoms with van der Waals surface area (Å²) in [5, 5.41) is 11.2. The van der Waals surface area contributed by atoms with Gasteiger partial charge >= 0.3 is 5.97 Å². The van der Waals surface area contributed by atoms with Gasteiger partial charge in [-0.25, -0.2) is 0 Å². The van der Waals surface area contributed by atoms with Crippen LogP contribution in [0.3, 0.4) is 0 Å². The number of carboxylic acids is 1. The van der Waals surface area contributed by atoms with Crippen molar-refractivity contribution < 1.29 is 14.7 Å². The molecule has 1 aromatic carbocycles. The van der Waals surface area contributed by atoms with Crippen molar-refractivity contribution in [1.29, 1.82) is 0 Å². The molecule has 0 fully saturated rings. The van der Waals surface area contributed by atoms with E-state index in [0.717, 1.165) is 10.0 Å². The molecule has 1 amide bonds. The molecule has 16 heavy (non-hydrogen) atoms. The van der Waals surface area contributed by atoms with Crippen LogP contribution < -0.4 is 5.32 Å². The number of aliphatic carboxylic acids is 1. The Balaban J connectivity index is 2.80. The molecule has 4 nitrogen and oxygen atoms in total. The summed E-state index contributed by atoms with van der Waals surface area (Å²) in [7, 11) is 0. The van der Waals surface area contributed by atoms with E-state index in [1.54, 1.807) is 12.1 Å². The summed E-state index contributed by atoms with van der Waals surface area (Å²) >= 11 is 3.31. The SMILES string of the molecule is CC(=O)Nc1cc(Br)cc(CCC(=O)O)c1. The average molecular weight is 286 g/mol. The van der Waals surface area contributed by atoms with E-state index >= 15 is 0 Å². The fourth-order valence-electron chi connectivity index (χ4n) is 1.32. The van der Waals surface area contributed by atoms with Crippen LogP contribution in [0, 0.1) is 0 Å². The van der Waals surface area contributed by atoms with E-state index in [1.807, 2.05) is 6.07 Å². The lowest BCUT2D eigenvalue weighted by Gasteiger charge is -2.06. The van der Waals surface area contributed by atoms with Gasteiger partial charge in [0.15, 0.2) is 0 Å². The van der Waals surface area contributed by atoms with Gasteiger partial charge in [-0.3, -0.25) is 9.59 Å². The number of halogens is 1. The van der Waals surface area contributed by atoms with Crippen molar-refractivity contribution in [2.75, 3.05) is 5.32 Å². The summed E-state index contributed by atoms with van der Waals surface area (Å²) in [6.07, 6.45) is 0.525. The van der Waals surface area contributed by atoms with Gasteiger partial charge in [-0.05, 0) is 30.2 Å². The minimum atomic E-state index is -0.832. The minimum absolute atomic E-state index is 0.0793. The third-order valence-electron chi connectivity index (χ3n) is 1.91. The summed E-state index contributed by atoms with van der Waals surface area (Å²) < 4.78 is 0.819. The molecule has 1 aromatic rings. The standard InChI is InChI=1S/C11H12BrNO3/c1-7(14)13-10-5-8(2-3-11(15)16)4-9(12)6-10/h4-6H,2-3H2,1H3,(H,13,14)(H,15,16). The maximum atomic E-state index is 10.9. The molecule has 5 heteroatoms. The highest BCUT2D eigenvalue weighted by Crippen LogP contribution is 2.20. The largest absolute Gasteiger partial charge is 0.481 e. The number of hydrogen-bond donors (Lipinski definition) is 2. The molecular weight excluding hydrogens is 274 g/mol. The van der Waals surface area contributed by atoms with Crippen molar-refractivity contribution in [1.82, 2.24) is 0 Å². The highest BCUT2D eigenvalue weighted by atomic mass is 79.9. The number of carbonyl (C=O) groups is 2. The van der Waals surface area contributed by atoms with Crippen LogP contribution >= 0.6 is 15.9 Å². The van der Waals surface area contributed by atoms with Gasteiger partial charge in [0.1, 0.15) is 0 Å². The lowest BCUT2D eigenvalue weighted by molar-refractivity contribution is -0.137. The Labute approximate surface area is 102 Å². The lowest BCUT2D eigenvalue weighted by Crippen LogP contribution is -2.06. The van der Waals surface area contributed by atoms with Crippen LogP contribution in [0.5, 0.6) is 0 Å². The van der Waals surface area contributed by atoms with Crippen molar-refractivity contribution >= 4 is 33.5 Å². The van der Waals surface area contributed by atoms with Crippen LogP contribution in [0.15, 0.2) is 22.7 Å². The average Bonchev–Trinajstić information content (AvgIpc) is 2.12. The predicted octanol–water partition coefficient (Wildman–Crippen LogP) is 2.42. The Hall–Kier alpha value is -1.36. The molecular formula is C11H12BrNO3. The zero-order valence-corrected chi connectivity index (χ0v) is 10.4. The van der Waals surface area contributed by atoms with Crippen molar-refractivity contribution in [2.45, 2.75) is 19.8 Å². The van der Waals surface area contributed by atoms with Crippen LogP contribution in [-0.4, -0.2) is 17.0 Å². The third-order valence-corrected chi connectivity index (χ3v) is 2.36. The first kappa shape index (κ1) is 12.7. The number of carboxylic acid groups (broad SMARTS) is 1. The lowest BCUT2D eigenvalue weighted by atomic mass is 10.1. The summed E-state index contributed by atoms with van der Waals surface area (Å²) in [5.41, 5.74) is 1.54. The summed E-state index contributed by atoms with van der Waals surface area (Å²) in [4.78, 5) is 21.3. The highest BCUT2D eigenvalue weighted by Gasteiger charge is 2.03. The quantitative estimate of drug-likeness (QED) is 0.893. The second-order valence-corrected chi connectivity index (χ2v) is 4.34. The normalized spacial score (nSPS) is 9.88. The van der Waals surface area contributed by atoms with Crippen LogP contribution in [0.25, 0.3) is 0 Å².